The van der Waals surface area contributed by atoms with E-state index in [1.807, 2.05) is 23.1 Å². The van der Waals surface area contributed by atoms with Gasteiger partial charge in [-0.05, 0) is 23.6 Å². The van der Waals surface area contributed by atoms with Gasteiger partial charge in [-0.3, -0.25) is 9.89 Å². The van der Waals surface area contributed by atoms with Crippen LogP contribution >= 0.6 is 11.6 Å². The van der Waals surface area contributed by atoms with Gasteiger partial charge >= 0.3 is 0 Å². The zero-order chi connectivity index (χ0) is 15.1. The van der Waals surface area contributed by atoms with Crippen LogP contribution in [-0.4, -0.2) is 34.1 Å². The van der Waals surface area contributed by atoms with Gasteiger partial charge < -0.3 is 10.2 Å². The SMILES string of the molecule is O=C(c1n[nH]c2c1CNCC2)N1CCc2c(Cl)cccc2C1. The molecule has 0 atom stereocenters. The quantitative estimate of drug-likeness (QED) is 0.845. The first kappa shape index (κ1) is 13.8. The van der Waals surface area contributed by atoms with E-state index in [0.717, 1.165) is 41.2 Å². The van der Waals surface area contributed by atoms with Crippen LogP contribution in [0.2, 0.25) is 5.02 Å². The van der Waals surface area contributed by atoms with Crippen LogP contribution in [0.1, 0.15) is 32.9 Å². The lowest BCUT2D eigenvalue weighted by Crippen LogP contribution is -2.37. The van der Waals surface area contributed by atoms with E-state index in [-0.39, 0.29) is 5.91 Å². The van der Waals surface area contributed by atoms with Crippen molar-refractivity contribution in [3.8, 4) is 0 Å². The molecule has 0 saturated heterocycles. The number of hydrogen-bond acceptors (Lipinski definition) is 3. The van der Waals surface area contributed by atoms with Crippen molar-refractivity contribution in [2.45, 2.75) is 25.9 Å². The van der Waals surface area contributed by atoms with Crippen molar-refractivity contribution in [1.29, 1.82) is 0 Å². The number of hydrogen-bond donors (Lipinski definition) is 2. The van der Waals surface area contributed by atoms with Crippen LogP contribution < -0.4 is 5.32 Å². The molecule has 0 unspecified atom stereocenters. The molecule has 114 valence electrons. The van der Waals surface area contributed by atoms with Crippen molar-refractivity contribution < 1.29 is 4.79 Å². The first-order valence-corrected chi connectivity index (χ1v) is 7.94. The topological polar surface area (TPSA) is 61.0 Å². The van der Waals surface area contributed by atoms with E-state index < -0.39 is 0 Å². The van der Waals surface area contributed by atoms with Gasteiger partial charge in [0.25, 0.3) is 5.91 Å². The maximum atomic E-state index is 12.8. The number of aromatic amines is 1. The van der Waals surface area contributed by atoms with Gasteiger partial charge in [0.2, 0.25) is 0 Å². The van der Waals surface area contributed by atoms with Crippen molar-refractivity contribution in [2.24, 2.45) is 0 Å². The fraction of sp³-hybridized carbons (Fsp3) is 0.375. The average Bonchev–Trinajstić information content (AvgIpc) is 2.98. The Morgan fingerprint density at radius 3 is 3.09 bits per heavy atom. The van der Waals surface area contributed by atoms with E-state index in [4.69, 9.17) is 11.6 Å². The monoisotopic (exact) mass is 316 g/mol. The lowest BCUT2D eigenvalue weighted by Gasteiger charge is -2.29. The van der Waals surface area contributed by atoms with Crippen LogP contribution in [0.4, 0.5) is 0 Å². The number of amides is 1. The molecule has 0 aliphatic carbocycles. The Kier molecular flexibility index (Phi) is 3.39. The first-order chi connectivity index (χ1) is 10.7. The summed E-state index contributed by atoms with van der Waals surface area (Å²) < 4.78 is 0. The molecule has 22 heavy (non-hydrogen) atoms. The minimum Gasteiger partial charge on any atom is -0.333 e. The Hall–Kier alpha value is -1.85. The van der Waals surface area contributed by atoms with Gasteiger partial charge in [-0.2, -0.15) is 5.10 Å². The van der Waals surface area contributed by atoms with Gasteiger partial charge in [0.1, 0.15) is 0 Å². The summed E-state index contributed by atoms with van der Waals surface area (Å²) in [7, 11) is 0. The minimum absolute atomic E-state index is 0.00632. The van der Waals surface area contributed by atoms with E-state index in [2.05, 4.69) is 15.5 Å². The zero-order valence-electron chi connectivity index (χ0n) is 12.2. The van der Waals surface area contributed by atoms with Crippen molar-refractivity contribution in [3.63, 3.8) is 0 Å². The van der Waals surface area contributed by atoms with E-state index in [9.17, 15) is 4.79 Å². The molecule has 6 heteroatoms. The van der Waals surface area contributed by atoms with E-state index >= 15 is 0 Å². The Labute approximate surface area is 133 Å². The minimum atomic E-state index is 0.00632. The molecule has 2 aliphatic rings. The summed E-state index contributed by atoms with van der Waals surface area (Å²) in [5.74, 6) is 0.00632. The lowest BCUT2D eigenvalue weighted by molar-refractivity contribution is 0.0727. The maximum Gasteiger partial charge on any atom is 0.275 e. The number of aromatic nitrogens is 2. The summed E-state index contributed by atoms with van der Waals surface area (Å²) in [6.45, 7) is 2.93. The molecule has 0 spiro atoms. The molecule has 3 heterocycles. The zero-order valence-corrected chi connectivity index (χ0v) is 12.9. The van der Waals surface area contributed by atoms with Crippen LogP contribution in [-0.2, 0) is 25.9 Å². The number of carbonyl (C=O) groups excluding carboxylic acids is 1. The van der Waals surface area contributed by atoms with Gasteiger partial charge in [-0.15, -0.1) is 0 Å². The second-order valence-corrected chi connectivity index (χ2v) is 6.22. The largest absolute Gasteiger partial charge is 0.333 e. The number of nitrogens with one attached hydrogen (secondary N) is 2. The molecule has 0 saturated carbocycles. The third-order valence-electron chi connectivity index (χ3n) is 4.50. The molecular formula is C16H17ClN4O. The van der Waals surface area contributed by atoms with Crippen molar-refractivity contribution in [1.82, 2.24) is 20.4 Å². The molecule has 0 fully saturated rings. The molecule has 1 aromatic carbocycles. The number of nitrogens with zero attached hydrogens (tertiary/aromatic N) is 2. The maximum absolute atomic E-state index is 12.8. The molecule has 1 amide bonds. The molecule has 5 nitrogen and oxygen atoms in total. The van der Waals surface area contributed by atoms with Crippen LogP contribution in [0, 0.1) is 0 Å². The summed E-state index contributed by atoms with van der Waals surface area (Å²) in [4.78, 5) is 14.7. The van der Waals surface area contributed by atoms with Crippen LogP contribution in [0.15, 0.2) is 18.2 Å². The van der Waals surface area contributed by atoms with Gasteiger partial charge in [-0.25, -0.2) is 0 Å². The normalized spacial score (nSPS) is 17.0. The smallest absolute Gasteiger partial charge is 0.275 e. The summed E-state index contributed by atoms with van der Waals surface area (Å²) in [5, 5.41) is 11.4. The number of carbonyl (C=O) groups is 1. The van der Waals surface area contributed by atoms with Gasteiger partial charge in [-0.1, -0.05) is 23.7 Å². The molecule has 0 bridgehead atoms. The second-order valence-electron chi connectivity index (χ2n) is 5.81. The molecule has 2 N–H and O–H groups in total. The highest BCUT2D eigenvalue weighted by molar-refractivity contribution is 6.31. The average molecular weight is 317 g/mol. The predicted molar refractivity (Wildman–Crippen MR) is 83.9 cm³/mol. The summed E-state index contributed by atoms with van der Waals surface area (Å²) in [5.41, 5.74) is 4.97. The number of fused-ring (bicyclic) bond motifs is 2. The number of H-pyrrole nitrogens is 1. The molecule has 2 aliphatic heterocycles. The summed E-state index contributed by atoms with van der Waals surface area (Å²) in [6.07, 6.45) is 1.69. The third kappa shape index (κ3) is 2.21. The third-order valence-corrected chi connectivity index (χ3v) is 4.86. The Morgan fingerprint density at radius 1 is 1.27 bits per heavy atom. The summed E-state index contributed by atoms with van der Waals surface area (Å²) in [6, 6.07) is 5.89. The molecule has 0 radical (unpaired) electrons. The fourth-order valence-corrected chi connectivity index (χ4v) is 3.58. The predicted octanol–water partition coefficient (Wildman–Crippen LogP) is 1.91. The molecule has 4 rings (SSSR count). The molecule has 2 aromatic rings. The number of halogens is 1. The first-order valence-electron chi connectivity index (χ1n) is 7.56. The lowest BCUT2D eigenvalue weighted by atomic mass is 9.99. The van der Waals surface area contributed by atoms with Gasteiger partial charge in [0.15, 0.2) is 5.69 Å². The Bertz CT molecular complexity index is 740. The van der Waals surface area contributed by atoms with Gasteiger partial charge in [0.05, 0.1) is 0 Å². The second kappa shape index (κ2) is 5.41. The van der Waals surface area contributed by atoms with Crippen molar-refractivity contribution >= 4 is 17.5 Å². The van der Waals surface area contributed by atoms with Crippen molar-refractivity contribution in [3.05, 3.63) is 51.3 Å². The van der Waals surface area contributed by atoms with E-state index in [0.29, 0.717) is 25.3 Å². The van der Waals surface area contributed by atoms with Crippen LogP contribution in [0.3, 0.4) is 0 Å². The standard InChI is InChI=1S/C16H17ClN4O/c17-13-3-1-2-10-9-21(7-5-11(10)13)16(22)15-12-8-18-6-4-14(12)19-20-15/h1-3,18H,4-9H2,(H,19,20). The Morgan fingerprint density at radius 2 is 2.18 bits per heavy atom. The van der Waals surface area contributed by atoms with Gasteiger partial charge in [0, 0.05) is 48.9 Å². The highest BCUT2D eigenvalue weighted by atomic mass is 35.5. The van der Waals surface area contributed by atoms with E-state index in [1.54, 1.807) is 0 Å². The Balaban J connectivity index is 1.61. The van der Waals surface area contributed by atoms with Crippen molar-refractivity contribution in [2.75, 3.05) is 13.1 Å². The molecule has 1 aromatic heterocycles. The number of benzene rings is 1. The highest BCUT2D eigenvalue weighted by Gasteiger charge is 2.28. The summed E-state index contributed by atoms with van der Waals surface area (Å²) >= 11 is 6.23. The van der Waals surface area contributed by atoms with Crippen LogP contribution in [0.5, 0.6) is 0 Å². The van der Waals surface area contributed by atoms with E-state index in [1.165, 1.54) is 5.56 Å². The number of rotatable bonds is 1. The fourth-order valence-electron chi connectivity index (χ4n) is 3.29. The highest BCUT2D eigenvalue weighted by Crippen LogP contribution is 2.27. The molecular weight excluding hydrogens is 300 g/mol. The van der Waals surface area contributed by atoms with Crippen LogP contribution in [0.25, 0.3) is 0 Å².